The summed E-state index contributed by atoms with van der Waals surface area (Å²) >= 11 is 0. The number of amides is 4. The molecule has 25 heteroatoms. The number of aromatic nitrogens is 10. The molecule has 91 heavy (non-hydrogen) atoms. The lowest BCUT2D eigenvalue weighted by Gasteiger charge is -2.17. The number of carbonyl (C=O) groups is 4. The van der Waals surface area contributed by atoms with E-state index in [0.29, 0.717) is 37.2 Å². The van der Waals surface area contributed by atoms with E-state index in [-0.39, 0.29) is 57.6 Å². The van der Waals surface area contributed by atoms with Gasteiger partial charge < -0.3 is 85.9 Å². The highest BCUT2D eigenvalue weighted by Crippen LogP contribution is 2.35. The molecule has 22 N–H and O–H groups in total. The first kappa shape index (κ1) is 61.5. The molecular formula is C66H73N21O4. The summed E-state index contributed by atoms with van der Waals surface area (Å²) in [5.41, 5.74) is 65.7. The quantitative estimate of drug-likeness (QED) is 0.0537. The minimum Gasteiger partial charge on any atom is -0.383 e. The van der Waals surface area contributed by atoms with E-state index in [1.165, 1.54) is 6.42 Å². The molecule has 10 heterocycles. The van der Waals surface area contributed by atoms with Crippen molar-refractivity contribution in [3.05, 3.63) is 162 Å². The molecule has 466 valence electrons. The first-order chi connectivity index (χ1) is 43.7. The summed E-state index contributed by atoms with van der Waals surface area (Å²) in [7, 11) is 0. The Hall–Kier alpha value is -11.2. The zero-order valence-corrected chi connectivity index (χ0v) is 50.6. The summed E-state index contributed by atoms with van der Waals surface area (Å²) in [5.74, 6) is -0.517. The van der Waals surface area contributed by atoms with Crippen LogP contribution in [0, 0.1) is 5.92 Å². The topological polar surface area (TPSA) is 440 Å². The molecule has 1 aliphatic heterocycles. The Kier molecular flexibility index (Phi) is 17.2. The number of nitrogens with one attached hydrogen (secondary N) is 2. The van der Waals surface area contributed by atoms with Crippen molar-refractivity contribution in [2.24, 2.45) is 40.3 Å². The first-order valence-corrected chi connectivity index (χ1v) is 29.8. The molecule has 14 rings (SSSR count). The van der Waals surface area contributed by atoms with Crippen LogP contribution in [0.2, 0.25) is 0 Å². The van der Waals surface area contributed by atoms with E-state index < -0.39 is 23.6 Å². The second-order valence-corrected chi connectivity index (χ2v) is 23.0. The van der Waals surface area contributed by atoms with Gasteiger partial charge in [0.1, 0.15) is 51.7 Å². The van der Waals surface area contributed by atoms with Crippen molar-refractivity contribution in [1.82, 2.24) is 53.5 Å². The second-order valence-electron chi connectivity index (χ2n) is 23.0. The molecule has 25 nitrogen and oxygen atoms in total. The van der Waals surface area contributed by atoms with Crippen molar-refractivity contribution in [3.8, 4) is 0 Å². The maximum absolute atomic E-state index is 11.6. The van der Waals surface area contributed by atoms with Gasteiger partial charge in [0.2, 0.25) is 0 Å². The Balaban J connectivity index is 0.000000125. The lowest BCUT2D eigenvalue weighted by Crippen LogP contribution is -2.31. The average Bonchev–Trinajstić information content (AvgIpc) is 1.72. The van der Waals surface area contributed by atoms with Gasteiger partial charge in [0.15, 0.2) is 0 Å². The highest BCUT2D eigenvalue weighted by atomic mass is 16.2. The summed E-state index contributed by atoms with van der Waals surface area (Å²) in [6, 6.07) is 39.2. The molecule has 0 spiro atoms. The maximum atomic E-state index is 11.6. The summed E-state index contributed by atoms with van der Waals surface area (Å²) in [6.07, 6.45) is 6.70. The van der Waals surface area contributed by atoms with Gasteiger partial charge in [-0.15, -0.1) is 0 Å². The van der Waals surface area contributed by atoms with Gasteiger partial charge in [-0.2, -0.15) is 0 Å². The van der Waals surface area contributed by atoms with Crippen LogP contribution in [-0.4, -0.2) is 96.5 Å². The molecule has 9 aromatic heterocycles. The lowest BCUT2D eigenvalue weighted by molar-refractivity contribution is 0.0992. The zero-order valence-electron chi connectivity index (χ0n) is 50.6. The number of hydrogen-bond acceptors (Lipinski definition) is 16. The normalized spacial score (nSPS) is 13.8. The number of benzene rings is 4. The third kappa shape index (κ3) is 12.0. The molecule has 1 aliphatic rings. The van der Waals surface area contributed by atoms with E-state index in [1.807, 2.05) is 102 Å². The summed E-state index contributed by atoms with van der Waals surface area (Å²) in [6.45, 7) is 9.92. The number of para-hydroxylation sites is 4. The van der Waals surface area contributed by atoms with Gasteiger partial charge in [-0.25, -0.2) is 24.9 Å². The molecule has 0 radical (unpaired) electrons. The predicted octanol–water partition coefficient (Wildman–Crippen LogP) is 6.73. The molecule has 3 unspecified atom stereocenters. The van der Waals surface area contributed by atoms with Gasteiger partial charge in [-0.1, -0.05) is 93.6 Å². The standard InChI is InChI=1S/C17H19N5O.C17H21N5O.C16H14N6O.C16H19N5O/c18-15-13(16(19)23)8-12-11-5-1-2-6-14(11)22(17(12)21-15)9-10-4-3-7-20-10;1-9(2)13(18)8-22-14-6-4-3-5-10(14)11-7-12(16(20)23)15(19)21-17(11)22;17-14-11(15(18)23)7-10-9-3-1-2-4-12(9)22(16(10)21-14)8-13-19-5-6-20-13;1-2-9(17)8-21-13-6-4-3-5-10(13)11-7-12(15(19)22)14(18)20-16(11)21/h1-2,5-6,8,10,20H,3-4,7,9H2,(H2,18,21)(H2,19,23);3-7,9,13H,8,18H2,1-2H3,(H2,19,21)(H2,20,23);1-7H,8H2,(H2,17,21)(H2,18,23)(H,19,20);3-7,9H,2,8,17H2,1H3,(H2,18,20)(H2,19,22). The van der Waals surface area contributed by atoms with E-state index in [2.05, 4.69) is 68.8 Å². The van der Waals surface area contributed by atoms with E-state index in [9.17, 15) is 19.2 Å². The van der Waals surface area contributed by atoms with Crippen LogP contribution in [0.5, 0.6) is 0 Å². The van der Waals surface area contributed by atoms with Crippen LogP contribution in [0.4, 0.5) is 23.3 Å². The zero-order chi connectivity index (χ0) is 64.5. The molecule has 4 amide bonds. The third-order valence-electron chi connectivity index (χ3n) is 16.8. The molecule has 1 fully saturated rings. The smallest absolute Gasteiger partial charge is 0.252 e. The number of anilines is 4. The number of pyridine rings is 4. The minimum atomic E-state index is -0.584. The van der Waals surface area contributed by atoms with Crippen LogP contribution in [0.15, 0.2) is 134 Å². The number of H-pyrrole nitrogens is 1. The molecule has 0 aliphatic carbocycles. The van der Waals surface area contributed by atoms with Crippen molar-refractivity contribution in [3.63, 3.8) is 0 Å². The SMILES string of the molecule is CC(C)C(N)Cn1c2ccccc2c2cc(C(N)=O)c(N)nc21.CCC(N)Cn1c2ccccc2c2cc(C(N)=O)c(N)nc21.NC(=O)c1cc2c3ccccc3n(CC3CCCN3)c2nc1N.NC(=O)c1cc2c3ccccc3n(Cc3ncc[nH]3)c2nc1N. The van der Waals surface area contributed by atoms with Crippen LogP contribution >= 0.6 is 0 Å². The Morgan fingerprint density at radius 1 is 0.516 bits per heavy atom. The summed E-state index contributed by atoms with van der Waals surface area (Å²) in [5, 5.41) is 11.1. The number of carbonyl (C=O) groups excluding carboxylic acids is 4. The van der Waals surface area contributed by atoms with Crippen LogP contribution in [0.3, 0.4) is 0 Å². The monoisotopic (exact) mass is 1220 g/mol. The first-order valence-electron chi connectivity index (χ1n) is 29.8. The average molecular weight is 1220 g/mol. The van der Waals surface area contributed by atoms with Gasteiger partial charge in [0.05, 0.1) is 50.9 Å². The number of hydrogen-bond donors (Lipinski definition) is 12. The fourth-order valence-corrected chi connectivity index (χ4v) is 11.8. The Morgan fingerprint density at radius 3 is 1.23 bits per heavy atom. The van der Waals surface area contributed by atoms with E-state index in [4.69, 9.17) is 57.3 Å². The minimum absolute atomic E-state index is 0.00662. The van der Waals surface area contributed by atoms with Crippen molar-refractivity contribution in [2.75, 3.05) is 29.5 Å². The molecule has 4 aromatic carbocycles. The number of aromatic amines is 1. The number of rotatable bonds is 14. The molecule has 0 saturated carbocycles. The lowest BCUT2D eigenvalue weighted by atomic mass is 10.1. The van der Waals surface area contributed by atoms with E-state index >= 15 is 0 Å². The highest BCUT2D eigenvalue weighted by molar-refractivity contribution is 6.14. The molecule has 1 saturated heterocycles. The number of nitrogens with zero attached hydrogens (tertiary/aromatic N) is 9. The van der Waals surface area contributed by atoms with Crippen molar-refractivity contribution < 1.29 is 19.2 Å². The number of primary amides is 4. The fourth-order valence-electron chi connectivity index (χ4n) is 11.8. The maximum Gasteiger partial charge on any atom is 0.252 e. The van der Waals surface area contributed by atoms with Crippen LogP contribution in [0.25, 0.3) is 87.7 Å². The van der Waals surface area contributed by atoms with Crippen molar-refractivity contribution >= 4 is 135 Å². The molecule has 13 aromatic rings. The van der Waals surface area contributed by atoms with Crippen molar-refractivity contribution in [2.45, 2.75) is 84.3 Å². The van der Waals surface area contributed by atoms with Gasteiger partial charge >= 0.3 is 0 Å². The fraction of sp³-hybridized carbons (Fsp3) is 0.227. The van der Waals surface area contributed by atoms with Crippen LogP contribution in [-0.2, 0) is 26.2 Å². The summed E-state index contributed by atoms with van der Waals surface area (Å²) in [4.78, 5) is 71.3. The van der Waals surface area contributed by atoms with E-state index in [1.54, 1.807) is 36.7 Å². The molecule has 3 atom stereocenters. The van der Waals surface area contributed by atoms with E-state index in [0.717, 1.165) is 114 Å². The van der Waals surface area contributed by atoms with Gasteiger partial charge in [0, 0.05) is 93.2 Å². The third-order valence-corrected chi connectivity index (χ3v) is 16.8. The van der Waals surface area contributed by atoms with Gasteiger partial charge in [-0.05, 0) is 80.3 Å². The second kappa shape index (κ2) is 25.5. The molecular weight excluding hydrogens is 1150 g/mol. The Bertz CT molecular complexity index is 4800. The number of nitrogens with two attached hydrogens (primary N) is 10. The predicted molar refractivity (Wildman–Crippen MR) is 360 cm³/mol. The van der Waals surface area contributed by atoms with Crippen molar-refractivity contribution in [1.29, 1.82) is 0 Å². The number of nitrogen functional groups attached to an aromatic ring is 4. The number of fused-ring (bicyclic) bond motifs is 12. The van der Waals surface area contributed by atoms with Gasteiger partial charge in [0.25, 0.3) is 23.6 Å². The molecule has 0 bridgehead atoms. The largest absolute Gasteiger partial charge is 0.383 e. The van der Waals surface area contributed by atoms with Gasteiger partial charge in [-0.3, -0.25) is 19.2 Å². The highest BCUT2D eigenvalue weighted by Gasteiger charge is 2.24. The Morgan fingerprint density at radius 2 is 0.879 bits per heavy atom. The van der Waals surface area contributed by atoms with Crippen LogP contribution < -0.4 is 62.7 Å². The Labute approximate surface area is 521 Å². The summed E-state index contributed by atoms with van der Waals surface area (Å²) < 4.78 is 8.33. The number of imidazole rings is 1. The van der Waals surface area contributed by atoms with Crippen LogP contribution in [0.1, 0.15) is 87.3 Å².